The second-order valence-corrected chi connectivity index (χ2v) is 16.3. The molecule has 0 spiro atoms. The Bertz CT molecular complexity index is 3460. The van der Waals surface area contributed by atoms with E-state index in [-0.39, 0.29) is 5.41 Å². The van der Waals surface area contributed by atoms with Crippen LogP contribution in [-0.4, -0.2) is 4.98 Å². The Morgan fingerprint density at radius 2 is 1.12 bits per heavy atom. The van der Waals surface area contributed by atoms with Crippen molar-refractivity contribution in [2.45, 2.75) is 19.3 Å². The molecule has 4 nitrogen and oxygen atoms in total. The van der Waals surface area contributed by atoms with Gasteiger partial charge in [-0.1, -0.05) is 153 Å². The van der Waals surface area contributed by atoms with Crippen LogP contribution in [0.25, 0.3) is 88.6 Å². The van der Waals surface area contributed by atoms with Crippen LogP contribution in [0.5, 0.6) is 0 Å². The minimum absolute atomic E-state index is 0.153. The smallest absolute Gasteiger partial charge is 0.227 e. The summed E-state index contributed by atoms with van der Waals surface area (Å²) in [5.41, 5.74) is 16.8. The van der Waals surface area contributed by atoms with Crippen LogP contribution in [-0.2, 0) is 5.41 Å². The van der Waals surface area contributed by atoms with Crippen molar-refractivity contribution < 1.29 is 8.83 Å². The molecule has 0 saturated carbocycles. The fourth-order valence-electron chi connectivity index (χ4n) is 9.65. The minimum atomic E-state index is -0.153. The van der Waals surface area contributed by atoms with Crippen molar-refractivity contribution in [3.05, 3.63) is 205 Å². The van der Waals surface area contributed by atoms with Crippen LogP contribution < -0.4 is 4.90 Å². The zero-order valence-electron chi connectivity index (χ0n) is 33.2. The molecule has 0 radical (unpaired) electrons. The molecule has 0 N–H and O–H groups in total. The summed E-state index contributed by atoms with van der Waals surface area (Å²) in [7, 11) is 0. The van der Waals surface area contributed by atoms with Crippen LogP contribution >= 0.6 is 0 Å². The van der Waals surface area contributed by atoms with E-state index in [0.29, 0.717) is 11.5 Å². The summed E-state index contributed by atoms with van der Waals surface area (Å²) < 4.78 is 13.0. The van der Waals surface area contributed by atoms with Crippen molar-refractivity contribution in [1.29, 1.82) is 0 Å². The first-order valence-corrected chi connectivity index (χ1v) is 20.5. The number of hydrogen-bond acceptors (Lipinski definition) is 4. The Hall–Kier alpha value is -7.69. The van der Waals surface area contributed by atoms with Crippen LogP contribution in [0.3, 0.4) is 0 Å². The molecular formula is C56H38N2O2. The number of oxazole rings is 1. The van der Waals surface area contributed by atoms with E-state index in [1.54, 1.807) is 0 Å². The zero-order chi connectivity index (χ0) is 40.0. The Kier molecular flexibility index (Phi) is 7.54. The standard InChI is InChI=1S/C56H38N2O2/c1-56(2)46-24-11-8-20-42(46)43-32-31-39(33-47(43)56)58(48-25-12-9-21-44(48)41-23-14-18-35-15-6-7-19-40(35)41)38-29-27-36(28-30-38)52-53-45-22-10-13-26-49(45)59-50(53)34-51-54(52)57-55(60-51)37-16-4-3-5-17-37/h3-34H,1-2H3. The number of hydrogen-bond donors (Lipinski definition) is 0. The van der Waals surface area contributed by atoms with E-state index >= 15 is 0 Å². The lowest BCUT2D eigenvalue weighted by atomic mass is 9.82. The van der Waals surface area contributed by atoms with Gasteiger partial charge in [0.1, 0.15) is 16.7 Å². The molecule has 11 aromatic rings. The van der Waals surface area contributed by atoms with Gasteiger partial charge in [-0.3, -0.25) is 0 Å². The molecule has 4 heteroatoms. The van der Waals surface area contributed by atoms with E-state index in [2.05, 4.69) is 164 Å². The van der Waals surface area contributed by atoms with Crippen LogP contribution in [0.4, 0.5) is 17.1 Å². The van der Waals surface area contributed by atoms with Gasteiger partial charge in [-0.25, -0.2) is 4.98 Å². The average molecular weight is 771 g/mol. The van der Waals surface area contributed by atoms with E-state index in [0.717, 1.165) is 66.8 Å². The highest BCUT2D eigenvalue weighted by Gasteiger charge is 2.36. The monoisotopic (exact) mass is 770 g/mol. The molecule has 1 aliphatic rings. The minimum Gasteiger partial charge on any atom is -0.456 e. The Morgan fingerprint density at radius 1 is 0.450 bits per heavy atom. The summed E-state index contributed by atoms with van der Waals surface area (Å²) in [5.74, 6) is 0.582. The van der Waals surface area contributed by atoms with Crippen LogP contribution in [0.2, 0.25) is 0 Å². The molecule has 0 unspecified atom stereocenters. The maximum atomic E-state index is 6.48. The predicted octanol–water partition coefficient (Wildman–Crippen LogP) is 15.7. The number of para-hydroxylation sites is 2. The van der Waals surface area contributed by atoms with Gasteiger partial charge in [-0.2, -0.15) is 0 Å². The molecule has 60 heavy (non-hydrogen) atoms. The van der Waals surface area contributed by atoms with Gasteiger partial charge in [-0.15, -0.1) is 0 Å². The molecule has 0 saturated heterocycles. The van der Waals surface area contributed by atoms with E-state index < -0.39 is 0 Å². The summed E-state index contributed by atoms with van der Waals surface area (Å²) in [6, 6.07) is 69.1. The zero-order valence-corrected chi connectivity index (χ0v) is 33.2. The van der Waals surface area contributed by atoms with Gasteiger partial charge < -0.3 is 13.7 Å². The molecule has 284 valence electrons. The first-order valence-electron chi connectivity index (χ1n) is 20.5. The maximum absolute atomic E-state index is 6.48. The Balaban J connectivity index is 1.07. The quantitative estimate of drug-likeness (QED) is 0.169. The van der Waals surface area contributed by atoms with Crippen molar-refractivity contribution in [3.63, 3.8) is 0 Å². The molecule has 0 atom stereocenters. The van der Waals surface area contributed by atoms with Gasteiger partial charge in [0.05, 0.1) is 5.69 Å². The highest BCUT2D eigenvalue weighted by atomic mass is 16.4. The molecular weight excluding hydrogens is 733 g/mol. The Morgan fingerprint density at radius 3 is 1.98 bits per heavy atom. The lowest BCUT2D eigenvalue weighted by molar-refractivity contribution is 0.617. The van der Waals surface area contributed by atoms with E-state index in [4.69, 9.17) is 13.8 Å². The fourth-order valence-corrected chi connectivity index (χ4v) is 9.65. The lowest BCUT2D eigenvalue weighted by Crippen LogP contribution is -2.16. The summed E-state index contributed by atoms with van der Waals surface area (Å²) in [6.07, 6.45) is 0. The van der Waals surface area contributed by atoms with E-state index in [1.807, 2.05) is 48.5 Å². The fraction of sp³-hybridized carbons (Fsp3) is 0.0536. The van der Waals surface area contributed by atoms with Crippen molar-refractivity contribution in [1.82, 2.24) is 4.98 Å². The molecule has 0 fully saturated rings. The summed E-state index contributed by atoms with van der Waals surface area (Å²) >= 11 is 0. The summed E-state index contributed by atoms with van der Waals surface area (Å²) in [4.78, 5) is 7.59. The molecule has 0 bridgehead atoms. The Labute approximate surface area is 347 Å². The van der Waals surface area contributed by atoms with Crippen LogP contribution in [0, 0.1) is 0 Å². The van der Waals surface area contributed by atoms with Gasteiger partial charge in [0.25, 0.3) is 0 Å². The van der Waals surface area contributed by atoms with Crippen molar-refractivity contribution in [2.75, 3.05) is 4.90 Å². The third-order valence-corrected chi connectivity index (χ3v) is 12.5. The second-order valence-electron chi connectivity index (χ2n) is 16.3. The highest BCUT2D eigenvalue weighted by Crippen LogP contribution is 2.52. The van der Waals surface area contributed by atoms with E-state index in [1.165, 1.54) is 38.6 Å². The van der Waals surface area contributed by atoms with Crippen molar-refractivity contribution in [3.8, 4) is 44.8 Å². The second kappa shape index (κ2) is 13.2. The van der Waals surface area contributed by atoms with Gasteiger partial charge >= 0.3 is 0 Å². The predicted molar refractivity (Wildman–Crippen MR) is 247 cm³/mol. The first kappa shape index (κ1) is 34.4. The molecule has 0 aliphatic heterocycles. The highest BCUT2D eigenvalue weighted by molar-refractivity contribution is 6.19. The SMILES string of the molecule is CC1(C)c2ccccc2-c2ccc(N(c3ccc(-c4c5nc(-c6ccccc6)oc5cc5oc6ccccc6c45)cc3)c3ccccc3-c3cccc4ccccc34)cc21. The number of fused-ring (bicyclic) bond motifs is 8. The third kappa shape index (κ3) is 5.20. The van der Waals surface area contributed by atoms with Gasteiger partial charge in [0.2, 0.25) is 5.89 Å². The van der Waals surface area contributed by atoms with Crippen molar-refractivity contribution >= 4 is 60.9 Å². The molecule has 2 aromatic heterocycles. The van der Waals surface area contributed by atoms with Gasteiger partial charge in [0.15, 0.2) is 5.58 Å². The van der Waals surface area contributed by atoms with E-state index in [9.17, 15) is 0 Å². The van der Waals surface area contributed by atoms with Gasteiger partial charge in [0, 0.05) is 50.3 Å². The molecule has 2 heterocycles. The number of furan rings is 1. The number of aromatic nitrogens is 1. The number of anilines is 3. The van der Waals surface area contributed by atoms with Crippen molar-refractivity contribution in [2.24, 2.45) is 0 Å². The number of nitrogens with zero attached hydrogens (tertiary/aromatic N) is 2. The molecule has 12 rings (SSSR count). The van der Waals surface area contributed by atoms with Crippen LogP contribution in [0.1, 0.15) is 25.0 Å². The normalized spacial score (nSPS) is 13.0. The third-order valence-electron chi connectivity index (χ3n) is 12.5. The molecule has 1 aliphatic carbocycles. The van der Waals surface area contributed by atoms with Crippen LogP contribution in [0.15, 0.2) is 203 Å². The number of benzene rings is 9. The topological polar surface area (TPSA) is 42.4 Å². The molecule has 9 aromatic carbocycles. The van der Waals surface area contributed by atoms with Gasteiger partial charge in [-0.05, 0) is 92.7 Å². The largest absolute Gasteiger partial charge is 0.456 e. The summed E-state index contributed by atoms with van der Waals surface area (Å²) in [6.45, 7) is 4.69. The lowest BCUT2D eigenvalue weighted by Gasteiger charge is -2.30. The number of rotatable bonds is 6. The molecule has 0 amide bonds. The first-order chi connectivity index (χ1) is 29.5. The maximum Gasteiger partial charge on any atom is 0.227 e. The average Bonchev–Trinajstić information content (AvgIpc) is 3.96. The summed E-state index contributed by atoms with van der Waals surface area (Å²) in [5, 5.41) is 4.51.